The summed E-state index contributed by atoms with van der Waals surface area (Å²) in [6.45, 7) is 3.19. The number of carbonyl (C=O) groups is 2. The summed E-state index contributed by atoms with van der Waals surface area (Å²) in [6.07, 6.45) is 1.08. The molecule has 1 aromatic carbocycles. The van der Waals surface area contributed by atoms with Gasteiger partial charge in [-0.25, -0.2) is 17.9 Å². The number of hydrogen-bond acceptors (Lipinski definition) is 5. The fourth-order valence-corrected chi connectivity index (χ4v) is 5.47. The molecule has 10 heteroatoms. The summed E-state index contributed by atoms with van der Waals surface area (Å²) < 4.78 is 27.6. The maximum atomic E-state index is 12.3. The predicted octanol–water partition coefficient (Wildman–Crippen LogP) is 1.83. The Labute approximate surface area is 180 Å². The topological polar surface area (TPSA) is 108 Å². The van der Waals surface area contributed by atoms with Crippen molar-refractivity contribution in [3.05, 3.63) is 52.9 Å². The van der Waals surface area contributed by atoms with E-state index in [1.807, 2.05) is 31.2 Å². The van der Waals surface area contributed by atoms with Crippen LogP contribution in [0.5, 0.6) is 0 Å². The maximum absolute atomic E-state index is 12.3. The second-order valence-electron chi connectivity index (χ2n) is 7.23. The Morgan fingerprint density at radius 1 is 1.10 bits per heavy atom. The van der Waals surface area contributed by atoms with Crippen molar-refractivity contribution in [2.45, 2.75) is 36.6 Å². The third-order valence-corrected chi connectivity index (χ3v) is 7.82. The molecule has 0 spiro atoms. The van der Waals surface area contributed by atoms with Gasteiger partial charge >= 0.3 is 6.03 Å². The third kappa shape index (κ3) is 6.28. The number of aryl methyl sites for hydroxylation is 1. The minimum Gasteiger partial charge on any atom is -0.341 e. The molecule has 162 valence electrons. The number of likely N-dealkylation sites (tertiary alicyclic amines) is 1. The molecule has 1 aliphatic heterocycles. The van der Waals surface area contributed by atoms with Gasteiger partial charge in [-0.2, -0.15) is 0 Å². The van der Waals surface area contributed by atoms with E-state index in [1.165, 1.54) is 11.3 Å². The zero-order valence-electron chi connectivity index (χ0n) is 16.8. The highest BCUT2D eigenvalue weighted by molar-refractivity contribution is 7.91. The van der Waals surface area contributed by atoms with Crippen LogP contribution in [-0.2, 0) is 21.4 Å². The Bertz CT molecular complexity index is 951. The highest BCUT2D eigenvalue weighted by atomic mass is 32.2. The predicted molar refractivity (Wildman–Crippen MR) is 116 cm³/mol. The zero-order valence-corrected chi connectivity index (χ0v) is 18.4. The lowest BCUT2D eigenvalue weighted by molar-refractivity contribution is -0.131. The van der Waals surface area contributed by atoms with E-state index in [9.17, 15) is 18.0 Å². The molecule has 3 rings (SSSR count). The SMILES string of the molecule is Cc1ccc(CNC(=O)NCC(=O)N2CCC(NS(=O)(=O)c3cccs3)CC2)cc1. The first-order valence-corrected chi connectivity index (χ1v) is 12.1. The van der Waals surface area contributed by atoms with Gasteiger partial charge in [0.1, 0.15) is 4.21 Å². The molecule has 0 atom stereocenters. The van der Waals surface area contributed by atoms with Crippen LogP contribution in [0.4, 0.5) is 4.79 Å². The molecule has 1 aliphatic rings. The molecule has 2 aromatic rings. The minimum absolute atomic E-state index is 0.0919. The van der Waals surface area contributed by atoms with Crippen molar-refractivity contribution in [3.8, 4) is 0 Å². The Morgan fingerprint density at radius 2 is 1.80 bits per heavy atom. The monoisotopic (exact) mass is 450 g/mol. The molecule has 0 saturated carbocycles. The van der Waals surface area contributed by atoms with Crippen LogP contribution in [0.3, 0.4) is 0 Å². The van der Waals surface area contributed by atoms with E-state index in [2.05, 4.69) is 15.4 Å². The highest BCUT2D eigenvalue weighted by Gasteiger charge is 2.27. The van der Waals surface area contributed by atoms with Gasteiger partial charge in [-0.05, 0) is 36.8 Å². The second kappa shape index (κ2) is 10.1. The molecule has 8 nitrogen and oxygen atoms in total. The van der Waals surface area contributed by atoms with Crippen LogP contribution < -0.4 is 15.4 Å². The Kier molecular flexibility index (Phi) is 7.46. The van der Waals surface area contributed by atoms with Gasteiger partial charge in [0.15, 0.2) is 0 Å². The van der Waals surface area contributed by atoms with Crippen molar-refractivity contribution in [1.29, 1.82) is 0 Å². The lowest BCUT2D eigenvalue weighted by atomic mass is 10.1. The van der Waals surface area contributed by atoms with Crippen LogP contribution in [-0.4, -0.2) is 50.9 Å². The lowest BCUT2D eigenvalue weighted by Gasteiger charge is -2.32. The van der Waals surface area contributed by atoms with E-state index in [1.54, 1.807) is 22.4 Å². The standard InChI is InChI=1S/C20H26N4O4S2/c1-15-4-6-16(7-5-15)13-21-20(26)22-14-18(25)24-10-8-17(9-11-24)23-30(27,28)19-3-2-12-29-19/h2-7,12,17,23H,8-11,13-14H2,1H3,(H2,21,22,26). The number of hydrogen-bond donors (Lipinski definition) is 3. The van der Waals surface area contributed by atoms with Crippen LogP contribution in [0, 0.1) is 6.92 Å². The maximum Gasteiger partial charge on any atom is 0.315 e. The normalized spacial score (nSPS) is 15.0. The van der Waals surface area contributed by atoms with Crippen LogP contribution in [0.25, 0.3) is 0 Å². The van der Waals surface area contributed by atoms with Gasteiger partial charge in [0.05, 0.1) is 6.54 Å². The molecule has 0 aliphatic carbocycles. The molecule has 0 radical (unpaired) electrons. The van der Waals surface area contributed by atoms with E-state index in [4.69, 9.17) is 0 Å². The summed E-state index contributed by atoms with van der Waals surface area (Å²) in [6, 6.07) is 10.5. The number of thiophene rings is 1. The van der Waals surface area contributed by atoms with Gasteiger partial charge in [-0.3, -0.25) is 4.79 Å². The largest absolute Gasteiger partial charge is 0.341 e. The van der Waals surface area contributed by atoms with Gasteiger partial charge < -0.3 is 15.5 Å². The van der Waals surface area contributed by atoms with Gasteiger partial charge in [-0.1, -0.05) is 35.9 Å². The van der Waals surface area contributed by atoms with E-state index in [-0.39, 0.29) is 18.5 Å². The number of piperidine rings is 1. The number of carbonyl (C=O) groups excluding carboxylic acids is 2. The van der Waals surface area contributed by atoms with Crippen molar-refractivity contribution in [3.63, 3.8) is 0 Å². The minimum atomic E-state index is -3.51. The number of nitrogens with zero attached hydrogens (tertiary/aromatic N) is 1. The number of urea groups is 1. The Hall–Kier alpha value is -2.43. The Balaban J connectivity index is 1.36. The molecule has 2 heterocycles. The fraction of sp³-hybridized carbons (Fsp3) is 0.400. The van der Waals surface area contributed by atoms with Crippen LogP contribution in [0.15, 0.2) is 46.0 Å². The number of amides is 3. The van der Waals surface area contributed by atoms with Crippen molar-refractivity contribution in [2.24, 2.45) is 0 Å². The fourth-order valence-electron chi connectivity index (χ4n) is 3.16. The van der Waals surface area contributed by atoms with Crippen LogP contribution >= 0.6 is 11.3 Å². The number of nitrogens with one attached hydrogen (secondary N) is 3. The summed E-state index contributed by atoms with van der Waals surface area (Å²) in [4.78, 5) is 25.9. The summed E-state index contributed by atoms with van der Waals surface area (Å²) in [7, 11) is -3.51. The molecule has 1 fully saturated rings. The number of rotatable bonds is 7. The molecule has 30 heavy (non-hydrogen) atoms. The molecule has 3 N–H and O–H groups in total. The Morgan fingerprint density at radius 3 is 2.43 bits per heavy atom. The summed E-state index contributed by atoms with van der Waals surface area (Å²) in [5.74, 6) is -0.181. The van der Waals surface area contributed by atoms with E-state index < -0.39 is 16.1 Å². The average molecular weight is 451 g/mol. The molecule has 0 unspecified atom stereocenters. The quantitative estimate of drug-likeness (QED) is 0.598. The van der Waals surface area contributed by atoms with Crippen LogP contribution in [0.1, 0.15) is 24.0 Å². The van der Waals surface area contributed by atoms with Crippen molar-refractivity contribution in [2.75, 3.05) is 19.6 Å². The smallest absolute Gasteiger partial charge is 0.315 e. The molecular formula is C20H26N4O4S2. The summed E-state index contributed by atoms with van der Waals surface area (Å²) in [5.41, 5.74) is 2.13. The summed E-state index contributed by atoms with van der Waals surface area (Å²) >= 11 is 1.18. The highest BCUT2D eigenvalue weighted by Crippen LogP contribution is 2.18. The first-order chi connectivity index (χ1) is 14.3. The van der Waals surface area contributed by atoms with Crippen molar-refractivity contribution < 1.29 is 18.0 Å². The summed E-state index contributed by atoms with van der Waals surface area (Å²) in [5, 5.41) is 7.03. The van der Waals surface area contributed by atoms with E-state index in [0.717, 1.165) is 11.1 Å². The lowest BCUT2D eigenvalue weighted by Crippen LogP contribution is -2.49. The van der Waals surface area contributed by atoms with Gasteiger partial charge in [0.2, 0.25) is 15.9 Å². The van der Waals surface area contributed by atoms with Crippen molar-refractivity contribution in [1.82, 2.24) is 20.3 Å². The van der Waals surface area contributed by atoms with E-state index >= 15 is 0 Å². The number of sulfonamides is 1. The third-order valence-electron chi connectivity index (χ3n) is 4.90. The molecule has 3 amide bonds. The van der Waals surface area contributed by atoms with Crippen LogP contribution in [0.2, 0.25) is 0 Å². The number of benzene rings is 1. The van der Waals surface area contributed by atoms with E-state index in [0.29, 0.717) is 36.7 Å². The molecule has 0 bridgehead atoms. The second-order valence-corrected chi connectivity index (χ2v) is 10.1. The zero-order chi connectivity index (χ0) is 21.6. The molecule has 1 aromatic heterocycles. The van der Waals surface area contributed by atoms with Crippen molar-refractivity contribution >= 4 is 33.3 Å². The molecule has 1 saturated heterocycles. The van der Waals surface area contributed by atoms with Gasteiger partial charge in [0.25, 0.3) is 0 Å². The first kappa shape index (κ1) is 22.3. The van der Waals surface area contributed by atoms with Gasteiger partial charge in [-0.15, -0.1) is 11.3 Å². The van der Waals surface area contributed by atoms with Gasteiger partial charge in [0, 0.05) is 25.7 Å². The first-order valence-electron chi connectivity index (χ1n) is 9.74. The average Bonchev–Trinajstić information content (AvgIpc) is 3.28. The molecular weight excluding hydrogens is 424 g/mol.